The van der Waals surface area contributed by atoms with Gasteiger partial charge in [0.15, 0.2) is 0 Å². The van der Waals surface area contributed by atoms with E-state index in [4.69, 9.17) is 15.6 Å². The standard InChI is InChI=1S/C11H19N3O2/c1-14-6-9(10(12)7-15)11(13-14)8-2-4-16-5-3-8/h6,8,10,15H,2-5,7,12H2,1H3. The Balaban J connectivity index is 2.24. The van der Waals surface area contributed by atoms with Gasteiger partial charge in [-0.3, -0.25) is 4.68 Å². The molecular formula is C11H19N3O2. The molecule has 3 N–H and O–H groups in total. The molecule has 1 atom stereocenters. The van der Waals surface area contributed by atoms with E-state index in [9.17, 15) is 0 Å². The highest BCUT2D eigenvalue weighted by Gasteiger charge is 2.24. The Kier molecular flexibility index (Phi) is 3.58. The van der Waals surface area contributed by atoms with Crippen molar-refractivity contribution in [3.8, 4) is 0 Å². The summed E-state index contributed by atoms with van der Waals surface area (Å²) in [6.45, 7) is 1.53. The van der Waals surface area contributed by atoms with Gasteiger partial charge < -0.3 is 15.6 Å². The molecule has 16 heavy (non-hydrogen) atoms. The van der Waals surface area contributed by atoms with Crippen LogP contribution in [0.3, 0.4) is 0 Å². The third-order valence-corrected chi connectivity index (χ3v) is 3.09. The van der Waals surface area contributed by atoms with Gasteiger partial charge in [0.1, 0.15) is 0 Å². The maximum absolute atomic E-state index is 9.13. The molecule has 1 saturated heterocycles. The Morgan fingerprint density at radius 3 is 2.94 bits per heavy atom. The van der Waals surface area contributed by atoms with Crippen molar-refractivity contribution in [2.24, 2.45) is 12.8 Å². The summed E-state index contributed by atoms with van der Waals surface area (Å²) < 4.78 is 7.11. The Bertz CT molecular complexity index is 345. The van der Waals surface area contributed by atoms with Gasteiger partial charge >= 0.3 is 0 Å². The predicted octanol–water partition coefficient (Wildman–Crippen LogP) is 0.306. The van der Waals surface area contributed by atoms with E-state index in [1.54, 1.807) is 4.68 Å². The normalized spacial score (nSPS) is 19.9. The molecule has 1 aromatic rings. The topological polar surface area (TPSA) is 73.3 Å². The molecule has 1 aliphatic heterocycles. The number of nitrogens with zero attached hydrogens (tertiary/aromatic N) is 2. The minimum absolute atomic E-state index is 0.0398. The monoisotopic (exact) mass is 225 g/mol. The molecule has 0 aliphatic carbocycles. The van der Waals surface area contributed by atoms with E-state index < -0.39 is 0 Å². The molecule has 1 aromatic heterocycles. The van der Waals surface area contributed by atoms with Crippen LogP contribution >= 0.6 is 0 Å². The third-order valence-electron chi connectivity index (χ3n) is 3.09. The van der Waals surface area contributed by atoms with Crippen molar-refractivity contribution in [2.75, 3.05) is 19.8 Å². The molecule has 0 spiro atoms. The van der Waals surface area contributed by atoms with Crippen molar-refractivity contribution in [1.82, 2.24) is 9.78 Å². The fraction of sp³-hybridized carbons (Fsp3) is 0.727. The average molecular weight is 225 g/mol. The summed E-state index contributed by atoms with van der Waals surface area (Å²) in [5.74, 6) is 0.419. The first kappa shape index (κ1) is 11.6. The lowest BCUT2D eigenvalue weighted by atomic mass is 9.92. The Labute approximate surface area is 95.2 Å². The van der Waals surface area contributed by atoms with E-state index in [-0.39, 0.29) is 12.6 Å². The molecule has 0 bridgehead atoms. The Morgan fingerprint density at radius 2 is 2.31 bits per heavy atom. The number of hydrogen-bond acceptors (Lipinski definition) is 4. The highest BCUT2D eigenvalue weighted by atomic mass is 16.5. The zero-order valence-corrected chi connectivity index (χ0v) is 9.59. The number of aryl methyl sites for hydroxylation is 1. The van der Waals surface area contributed by atoms with Gasteiger partial charge in [0.2, 0.25) is 0 Å². The van der Waals surface area contributed by atoms with E-state index in [0.29, 0.717) is 5.92 Å². The predicted molar refractivity (Wildman–Crippen MR) is 60.0 cm³/mol. The quantitative estimate of drug-likeness (QED) is 0.776. The lowest BCUT2D eigenvalue weighted by Gasteiger charge is -2.22. The van der Waals surface area contributed by atoms with Crippen LogP contribution in [0.15, 0.2) is 6.20 Å². The molecule has 0 saturated carbocycles. The molecule has 0 amide bonds. The number of ether oxygens (including phenoxy) is 1. The third kappa shape index (κ3) is 2.26. The summed E-state index contributed by atoms with van der Waals surface area (Å²) in [6.07, 6.45) is 3.88. The number of aliphatic hydroxyl groups is 1. The molecular weight excluding hydrogens is 206 g/mol. The molecule has 1 unspecified atom stereocenters. The summed E-state index contributed by atoms with van der Waals surface area (Å²) in [5, 5.41) is 13.6. The Hall–Kier alpha value is -0.910. The van der Waals surface area contributed by atoms with Crippen LogP contribution < -0.4 is 5.73 Å². The minimum Gasteiger partial charge on any atom is -0.394 e. The average Bonchev–Trinajstić information content (AvgIpc) is 2.71. The van der Waals surface area contributed by atoms with Gasteiger partial charge in [-0.15, -0.1) is 0 Å². The van der Waals surface area contributed by atoms with E-state index >= 15 is 0 Å². The van der Waals surface area contributed by atoms with E-state index in [0.717, 1.165) is 37.3 Å². The number of nitrogens with two attached hydrogens (primary N) is 1. The van der Waals surface area contributed by atoms with Crippen molar-refractivity contribution in [2.45, 2.75) is 24.8 Å². The summed E-state index contributed by atoms with van der Waals surface area (Å²) in [5.41, 5.74) is 7.88. The van der Waals surface area contributed by atoms with Crippen LogP contribution in [0.4, 0.5) is 0 Å². The highest BCUT2D eigenvalue weighted by molar-refractivity contribution is 5.25. The van der Waals surface area contributed by atoms with Crippen molar-refractivity contribution >= 4 is 0 Å². The zero-order valence-electron chi connectivity index (χ0n) is 9.59. The molecule has 90 valence electrons. The van der Waals surface area contributed by atoms with E-state index in [1.807, 2.05) is 13.2 Å². The largest absolute Gasteiger partial charge is 0.394 e. The van der Waals surface area contributed by atoms with Gasteiger partial charge in [0.25, 0.3) is 0 Å². The minimum atomic E-state index is -0.327. The van der Waals surface area contributed by atoms with Crippen LogP contribution in [-0.2, 0) is 11.8 Å². The molecule has 1 aliphatic rings. The van der Waals surface area contributed by atoms with Crippen LogP contribution in [0.25, 0.3) is 0 Å². The summed E-state index contributed by atoms with van der Waals surface area (Å²) in [4.78, 5) is 0. The van der Waals surface area contributed by atoms with Crippen molar-refractivity contribution < 1.29 is 9.84 Å². The second-order valence-corrected chi connectivity index (χ2v) is 4.32. The second-order valence-electron chi connectivity index (χ2n) is 4.32. The first-order chi connectivity index (χ1) is 7.72. The van der Waals surface area contributed by atoms with E-state index in [1.165, 1.54) is 0 Å². The van der Waals surface area contributed by atoms with Gasteiger partial charge in [-0.05, 0) is 12.8 Å². The number of rotatable bonds is 3. The highest BCUT2D eigenvalue weighted by Crippen LogP contribution is 2.30. The number of aromatic nitrogens is 2. The van der Waals surface area contributed by atoms with Gasteiger partial charge in [0, 0.05) is 37.9 Å². The van der Waals surface area contributed by atoms with Gasteiger partial charge in [-0.1, -0.05) is 0 Å². The molecule has 5 heteroatoms. The fourth-order valence-electron chi connectivity index (χ4n) is 2.20. The van der Waals surface area contributed by atoms with Crippen LogP contribution in [0.2, 0.25) is 0 Å². The maximum atomic E-state index is 9.13. The summed E-state index contributed by atoms with van der Waals surface area (Å²) in [6, 6.07) is -0.327. The van der Waals surface area contributed by atoms with Crippen LogP contribution in [-0.4, -0.2) is 34.7 Å². The first-order valence-electron chi connectivity index (χ1n) is 5.70. The fourth-order valence-corrected chi connectivity index (χ4v) is 2.20. The lowest BCUT2D eigenvalue weighted by molar-refractivity contribution is 0.0840. The van der Waals surface area contributed by atoms with Crippen molar-refractivity contribution in [3.05, 3.63) is 17.5 Å². The second kappa shape index (κ2) is 4.95. The Morgan fingerprint density at radius 1 is 1.62 bits per heavy atom. The van der Waals surface area contributed by atoms with Crippen molar-refractivity contribution in [1.29, 1.82) is 0 Å². The summed E-state index contributed by atoms with van der Waals surface area (Å²) >= 11 is 0. The van der Waals surface area contributed by atoms with Gasteiger partial charge in [-0.25, -0.2) is 0 Å². The van der Waals surface area contributed by atoms with Crippen LogP contribution in [0.5, 0.6) is 0 Å². The molecule has 2 heterocycles. The molecule has 1 fully saturated rings. The lowest BCUT2D eigenvalue weighted by Crippen LogP contribution is -2.20. The van der Waals surface area contributed by atoms with Crippen LogP contribution in [0, 0.1) is 0 Å². The molecule has 0 radical (unpaired) electrons. The molecule has 0 aromatic carbocycles. The zero-order chi connectivity index (χ0) is 11.5. The number of hydrogen-bond donors (Lipinski definition) is 2. The number of aliphatic hydroxyl groups excluding tert-OH is 1. The summed E-state index contributed by atoms with van der Waals surface area (Å²) in [7, 11) is 1.89. The van der Waals surface area contributed by atoms with Gasteiger partial charge in [0.05, 0.1) is 18.3 Å². The van der Waals surface area contributed by atoms with Gasteiger partial charge in [-0.2, -0.15) is 5.10 Å². The van der Waals surface area contributed by atoms with Crippen LogP contribution in [0.1, 0.15) is 36.1 Å². The smallest absolute Gasteiger partial charge is 0.0705 e. The first-order valence-corrected chi connectivity index (χ1v) is 5.70. The maximum Gasteiger partial charge on any atom is 0.0705 e. The molecule has 2 rings (SSSR count). The molecule has 5 nitrogen and oxygen atoms in total. The van der Waals surface area contributed by atoms with Crippen molar-refractivity contribution in [3.63, 3.8) is 0 Å². The SMILES string of the molecule is Cn1cc(C(N)CO)c(C2CCOCC2)n1. The van der Waals surface area contributed by atoms with E-state index in [2.05, 4.69) is 5.10 Å².